The molecular formula is C22H25Cl3N2O2S. The van der Waals surface area contributed by atoms with Gasteiger partial charge in [0.1, 0.15) is 6.04 Å². The average molecular weight is 488 g/mol. The van der Waals surface area contributed by atoms with Gasteiger partial charge in [0.05, 0.1) is 15.8 Å². The van der Waals surface area contributed by atoms with Crippen LogP contribution in [0.15, 0.2) is 42.5 Å². The summed E-state index contributed by atoms with van der Waals surface area (Å²) in [5, 5.41) is 4.39. The number of nitrogens with zero attached hydrogens (tertiary/aromatic N) is 1. The van der Waals surface area contributed by atoms with E-state index in [9.17, 15) is 9.59 Å². The first kappa shape index (κ1) is 24.9. The number of halogens is 3. The van der Waals surface area contributed by atoms with Crippen LogP contribution in [0.1, 0.15) is 31.4 Å². The van der Waals surface area contributed by atoms with E-state index in [0.29, 0.717) is 33.8 Å². The molecule has 0 heterocycles. The number of thioether (sulfide) groups is 1. The van der Waals surface area contributed by atoms with Crippen molar-refractivity contribution in [2.75, 3.05) is 12.3 Å². The Balaban J connectivity index is 2.13. The smallest absolute Gasteiger partial charge is 0.242 e. The van der Waals surface area contributed by atoms with Crippen LogP contribution >= 0.6 is 46.6 Å². The fourth-order valence-electron chi connectivity index (χ4n) is 2.99. The van der Waals surface area contributed by atoms with E-state index in [-0.39, 0.29) is 24.1 Å². The molecule has 0 unspecified atom stereocenters. The fourth-order valence-corrected chi connectivity index (χ4v) is 4.36. The number of hydrogen-bond acceptors (Lipinski definition) is 3. The predicted octanol–water partition coefficient (Wildman–Crippen LogP) is 5.82. The number of likely N-dealkylation sites (N-methyl/N-ethyl adjacent to an activating group) is 1. The highest BCUT2D eigenvalue weighted by Gasteiger charge is 2.28. The van der Waals surface area contributed by atoms with Crippen molar-refractivity contribution < 1.29 is 9.59 Å². The Hall–Kier alpha value is -1.40. The van der Waals surface area contributed by atoms with Gasteiger partial charge in [0.25, 0.3) is 0 Å². The topological polar surface area (TPSA) is 49.4 Å². The van der Waals surface area contributed by atoms with Gasteiger partial charge in [0.2, 0.25) is 11.8 Å². The maximum absolute atomic E-state index is 13.1. The summed E-state index contributed by atoms with van der Waals surface area (Å²) < 4.78 is 0. The van der Waals surface area contributed by atoms with Gasteiger partial charge in [-0.3, -0.25) is 9.59 Å². The lowest BCUT2D eigenvalue weighted by molar-refractivity contribution is -0.139. The van der Waals surface area contributed by atoms with Gasteiger partial charge in [-0.1, -0.05) is 66.0 Å². The van der Waals surface area contributed by atoms with Gasteiger partial charge in [-0.25, -0.2) is 0 Å². The lowest BCUT2D eigenvalue weighted by Crippen LogP contribution is -2.49. The molecule has 1 atom stereocenters. The van der Waals surface area contributed by atoms with E-state index in [2.05, 4.69) is 5.32 Å². The monoisotopic (exact) mass is 486 g/mol. The zero-order valence-electron chi connectivity index (χ0n) is 17.0. The second-order valence-corrected chi connectivity index (χ2v) is 8.88. The number of benzene rings is 2. The second kappa shape index (κ2) is 12.5. The number of carbonyl (C=O) groups excluding carboxylic acids is 2. The molecule has 0 bridgehead atoms. The van der Waals surface area contributed by atoms with Crippen LogP contribution in [0, 0.1) is 0 Å². The second-order valence-electron chi connectivity index (χ2n) is 6.67. The molecule has 0 aliphatic heterocycles. The highest BCUT2D eigenvalue weighted by Crippen LogP contribution is 2.25. The van der Waals surface area contributed by atoms with Gasteiger partial charge < -0.3 is 10.2 Å². The Morgan fingerprint density at radius 1 is 1.03 bits per heavy atom. The maximum atomic E-state index is 13.1. The minimum absolute atomic E-state index is 0.113. The molecule has 0 saturated heterocycles. The molecule has 0 fully saturated rings. The van der Waals surface area contributed by atoms with Crippen LogP contribution in [0.3, 0.4) is 0 Å². The van der Waals surface area contributed by atoms with Crippen LogP contribution in [-0.2, 0) is 21.9 Å². The third-order valence-corrected chi connectivity index (χ3v) is 6.61. The van der Waals surface area contributed by atoms with Crippen molar-refractivity contribution in [3.8, 4) is 0 Å². The normalized spacial score (nSPS) is 11.8. The quantitative estimate of drug-likeness (QED) is 0.459. The summed E-state index contributed by atoms with van der Waals surface area (Å²) in [6, 6.07) is 12.2. The molecule has 8 heteroatoms. The molecule has 4 nitrogen and oxygen atoms in total. The molecule has 30 heavy (non-hydrogen) atoms. The standard InChI is InChI=1S/C22H25Cl3N2O2S/c1-3-20(22(29)26-4-2)27(12-16-7-5-6-8-17(16)23)21(28)14-30-13-15-9-10-18(24)19(25)11-15/h5-11,20H,3-4,12-14H2,1-2H3,(H,26,29)/t20-/m0/s1. The van der Waals surface area contributed by atoms with Crippen molar-refractivity contribution in [3.63, 3.8) is 0 Å². The first-order chi connectivity index (χ1) is 14.4. The molecule has 0 spiro atoms. The van der Waals surface area contributed by atoms with E-state index in [4.69, 9.17) is 34.8 Å². The molecule has 0 aliphatic rings. The van der Waals surface area contributed by atoms with Crippen molar-refractivity contribution in [2.45, 2.75) is 38.6 Å². The first-order valence-electron chi connectivity index (χ1n) is 9.69. The third-order valence-electron chi connectivity index (χ3n) is 4.51. The zero-order valence-corrected chi connectivity index (χ0v) is 20.0. The van der Waals surface area contributed by atoms with Crippen LogP contribution in [0.4, 0.5) is 0 Å². The molecule has 0 saturated carbocycles. The predicted molar refractivity (Wildman–Crippen MR) is 127 cm³/mol. The van der Waals surface area contributed by atoms with Crippen LogP contribution in [0.2, 0.25) is 15.1 Å². The number of carbonyl (C=O) groups is 2. The number of rotatable bonds is 10. The fraction of sp³-hybridized carbons (Fsp3) is 0.364. The van der Waals surface area contributed by atoms with Crippen LogP contribution in [-0.4, -0.2) is 35.1 Å². The van der Waals surface area contributed by atoms with Crippen molar-refractivity contribution in [1.29, 1.82) is 0 Å². The van der Waals surface area contributed by atoms with Gasteiger partial charge in [-0.05, 0) is 42.7 Å². The maximum Gasteiger partial charge on any atom is 0.242 e. The molecule has 162 valence electrons. The highest BCUT2D eigenvalue weighted by atomic mass is 35.5. The summed E-state index contributed by atoms with van der Waals surface area (Å²) in [5.41, 5.74) is 1.79. The Morgan fingerprint density at radius 2 is 1.77 bits per heavy atom. The van der Waals surface area contributed by atoms with Crippen LogP contribution in [0.5, 0.6) is 0 Å². The number of nitrogens with one attached hydrogen (secondary N) is 1. The summed E-state index contributed by atoms with van der Waals surface area (Å²) in [7, 11) is 0. The lowest BCUT2D eigenvalue weighted by Gasteiger charge is -2.30. The summed E-state index contributed by atoms with van der Waals surface area (Å²) in [4.78, 5) is 27.3. The zero-order chi connectivity index (χ0) is 22.1. The van der Waals surface area contributed by atoms with E-state index < -0.39 is 6.04 Å². The van der Waals surface area contributed by atoms with Gasteiger partial charge in [0, 0.05) is 23.9 Å². The minimum Gasteiger partial charge on any atom is -0.355 e. The summed E-state index contributed by atoms with van der Waals surface area (Å²) in [6.07, 6.45) is 0.513. The Morgan fingerprint density at radius 3 is 2.40 bits per heavy atom. The van der Waals surface area contributed by atoms with Gasteiger partial charge in [-0.2, -0.15) is 0 Å². The van der Waals surface area contributed by atoms with Crippen LogP contribution in [0.25, 0.3) is 0 Å². The first-order valence-corrected chi connectivity index (χ1v) is 12.0. The summed E-state index contributed by atoms with van der Waals surface area (Å²) >= 11 is 19.8. The Kier molecular flexibility index (Phi) is 10.3. The molecule has 2 aromatic rings. The van der Waals surface area contributed by atoms with Gasteiger partial charge in [-0.15, -0.1) is 11.8 Å². The largest absolute Gasteiger partial charge is 0.355 e. The molecule has 0 radical (unpaired) electrons. The van der Waals surface area contributed by atoms with E-state index in [1.807, 2.05) is 38.1 Å². The summed E-state index contributed by atoms with van der Waals surface area (Å²) in [6.45, 7) is 4.55. The average Bonchev–Trinajstić information content (AvgIpc) is 2.72. The molecule has 1 N–H and O–H groups in total. The van der Waals surface area contributed by atoms with Gasteiger partial charge >= 0.3 is 0 Å². The molecule has 2 amide bonds. The lowest BCUT2D eigenvalue weighted by atomic mass is 10.1. The van der Waals surface area contributed by atoms with Crippen molar-refractivity contribution in [2.24, 2.45) is 0 Å². The van der Waals surface area contributed by atoms with E-state index in [1.54, 1.807) is 23.1 Å². The number of amides is 2. The third kappa shape index (κ3) is 7.09. The van der Waals surface area contributed by atoms with E-state index in [0.717, 1.165) is 11.1 Å². The SMILES string of the molecule is CCNC(=O)[C@H](CC)N(Cc1ccccc1Cl)C(=O)CSCc1ccc(Cl)c(Cl)c1. The van der Waals surface area contributed by atoms with Crippen LogP contribution < -0.4 is 5.32 Å². The molecule has 0 aliphatic carbocycles. The highest BCUT2D eigenvalue weighted by molar-refractivity contribution is 7.99. The number of hydrogen-bond donors (Lipinski definition) is 1. The van der Waals surface area contributed by atoms with Crippen molar-refractivity contribution in [3.05, 3.63) is 68.7 Å². The van der Waals surface area contributed by atoms with Crippen molar-refractivity contribution in [1.82, 2.24) is 10.2 Å². The molecule has 2 aromatic carbocycles. The Bertz CT molecular complexity index is 879. The Labute approximate surface area is 197 Å². The van der Waals surface area contributed by atoms with E-state index >= 15 is 0 Å². The molecular weight excluding hydrogens is 463 g/mol. The van der Waals surface area contributed by atoms with Crippen molar-refractivity contribution >= 4 is 58.4 Å². The molecule has 2 rings (SSSR count). The van der Waals surface area contributed by atoms with Gasteiger partial charge in [0.15, 0.2) is 0 Å². The van der Waals surface area contributed by atoms with E-state index in [1.165, 1.54) is 11.8 Å². The summed E-state index contributed by atoms with van der Waals surface area (Å²) in [5.74, 6) is 0.578. The minimum atomic E-state index is -0.556. The molecule has 0 aromatic heterocycles.